The van der Waals surface area contributed by atoms with Crippen molar-refractivity contribution in [3.05, 3.63) is 29.0 Å². The number of carbonyl (C=O) groups excluding carboxylic acids is 1. The molecule has 2 rings (SSSR count). The van der Waals surface area contributed by atoms with Crippen molar-refractivity contribution in [2.45, 2.75) is 31.9 Å². The third-order valence-corrected chi connectivity index (χ3v) is 4.06. The molecule has 1 amide bonds. The number of hydrogen-bond acceptors (Lipinski definition) is 3. The smallest absolute Gasteiger partial charge is 0.263 e. The Hall–Kier alpha value is -1.04. The zero-order chi connectivity index (χ0) is 15.4. The lowest BCUT2D eigenvalue weighted by atomic mass is 10.0. The van der Waals surface area contributed by atoms with E-state index in [4.69, 9.17) is 16.3 Å². The number of rotatable bonds is 4. The fourth-order valence-corrected chi connectivity index (χ4v) is 2.67. The fourth-order valence-electron chi connectivity index (χ4n) is 2.46. The lowest BCUT2D eigenvalue weighted by Crippen LogP contribution is -2.48. The molecule has 0 aliphatic carbocycles. The molecule has 1 aromatic carbocycles. The van der Waals surface area contributed by atoms with Gasteiger partial charge in [-0.25, -0.2) is 4.39 Å². The minimum absolute atomic E-state index is 0. The van der Waals surface area contributed by atoms with Crippen LogP contribution in [0.15, 0.2) is 18.2 Å². The largest absolute Gasteiger partial charge is 0.479 e. The van der Waals surface area contributed by atoms with Crippen LogP contribution in [0, 0.1) is 5.82 Å². The van der Waals surface area contributed by atoms with Crippen molar-refractivity contribution in [1.82, 2.24) is 10.2 Å². The van der Waals surface area contributed by atoms with Crippen LogP contribution in [0.5, 0.6) is 5.75 Å². The lowest BCUT2D eigenvalue weighted by molar-refractivity contribution is -0.139. The summed E-state index contributed by atoms with van der Waals surface area (Å²) in [6.07, 6.45) is 1.23. The summed E-state index contributed by atoms with van der Waals surface area (Å²) < 4.78 is 18.5. The van der Waals surface area contributed by atoms with Crippen molar-refractivity contribution in [2.75, 3.05) is 20.1 Å². The number of carbonyl (C=O) groups is 1. The van der Waals surface area contributed by atoms with Crippen molar-refractivity contribution in [3.8, 4) is 5.75 Å². The number of nitrogens with zero attached hydrogens (tertiary/aromatic N) is 1. The molecule has 4 nitrogen and oxygen atoms in total. The fraction of sp³-hybridized carbons (Fsp3) is 0.533. The highest BCUT2D eigenvalue weighted by Gasteiger charge is 2.26. The number of halogens is 3. The van der Waals surface area contributed by atoms with Gasteiger partial charge in [0.15, 0.2) is 6.10 Å². The molecule has 1 N–H and O–H groups in total. The van der Waals surface area contributed by atoms with Crippen LogP contribution in [-0.4, -0.2) is 43.1 Å². The maximum atomic E-state index is 13.0. The van der Waals surface area contributed by atoms with Gasteiger partial charge in [-0.3, -0.25) is 4.79 Å². The second-order valence-corrected chi connectivity index (χ2v) is 5.63. The van der Waals surface area contributed by atoms with Gasteiger partial charge in [0.1, 0.15) is 11.6 Å². The average molecular weight is 351 g/mol. The molecule has 1 aliphatic heterocycles. The van der Waals surface area contributed by atoms with Crippen LogP contribution in [0.2, 0.25) is 5.02 Å². The molecule has 124 valence electrons. The first-order valence-corrected chi connectivity index (χ1v) is 7.47. The molecule has 0 bridgehead atoms. The summed E-state index contributed by atoms with van der Waals surface area (Å²) in [5.74, 6) is -0.172. The van der Waals surface area contributed by atoms with Gasteiger partial charge in [0.2, 0.25) is 0 Å². The SMILES string of the molecule is CNC1CCN(C(=O)C(C)Oc2ccc(F)cc2Cl)CC1.Cl. The van der Waals surface area contributed by atoms with E-state index in [1.807, 2.05) is 7.05 Å². The second kappa shape index (κ2) is 8.56. The Morgan fingerprint density at radius 2 is 2.09 bits per heavy atom. The summed E-state index contributed by atoms with van der Waals surface area (Å²) in [4.78, 5) is 14.1. The maximum absolute atomic E-state index is 13.0. The predicted octanol–water partition coefficient (Wildman–Crippen LogP) is 2.88. The number of ether oxygens (including phenoxy) is 1. The van der Waals surface area contributed by atoms with Crippen LogP contribution in [0.3, 0.4) is 0 Å². The third-order valence-electron chi connectivity index (χ3n) is 3.76. The zero-order valence-electron chi connectivity index (χ0n) is 12.6. The van der Waals surface area contributed by atoms with Crippen LogP contribution >= 0.6 is 24.0 Å². The van der Waals surface area contributed by atoms with E-state index < -0.39 is 11.9 Å². The Kier molecular flexibility index (Phi) is 7.39. The summed E-state index contributed by atoms with van der Waals surface area (Å²) in [6.45, 7) is 3.12. The van der Waals surface area contributed by atoms with E-state index in [0.717, 1.165) is 25.9 Å². The molecule has 1 saturated heterocycles. The Bertz CT molecular complexity index is 508. The predicted molar refractivity (Wildman–Crippen MR) is 87.4 cm³/mol. The Morgan fingerprint density at radius 1 is 1.45 bits per heavy atom. The number of nitrogens with one attached hydrogen (secondary N) is 1. The van der Waals surface area contributed by atoms with Gasteiger partial charge >= 0.3 is 0 Å². The zero-order valence-corrected chi connectivity index (χ0v) is 14.2. The average Bonchev–Trinajstić information content (AvgIpc) is 2.49. The molecule has 0 saturated carbocycles. The molecular weight excluding hydrogens is 330 g/mol. The van der Waals surface area contributed by atoms with Crippen LogP contribution in [0.25, 0.3) is 0 Å². The van der Waals surface area contributed by atoms with Gasteiger partial charge in [-0.05, 0) is 45.0 Å². The third kappa shape index (κ3) is 4.73. The van der Waals surface area contributed by atoms with Crippen molar-refractivity contribution in [1.29, 1.82) is 0 Å². The molecule has 0 radical (unpaired) electrons. The van der Waals surface area contributed by atoms with Crippen LogP contribution in [-0.2, 0) is 4.79 Å². The van der Waals surface area contributed by atoms with Gasteiger partial charge in [0, 0.05) is 19.1 Å². The number of likely N-dealkylation sites (tertiary alicyclic amines) is 1. The van der Waals surface area contributed by atoms with Crippen LogP contribution in [0.1, 0.15) is 19.8 Å². The number of benzene rings is 1. The molecule has 1 heterocycles. The molecule has 1 aliphatic rings. The Morgan fingerprint density at radius 3 is 2.64 bits per heavy atom. The topological polar surface area (TPSA) is 41.6 Å². The quantitative estimate of drug-likeness (QED) is 0.907. The molecule has 1 fully saturated rings. The highest BCUT2D eigenvalue weighted by atomic mass is 35.5. The van der Waals surface area contributed by atoms with E-state index in [0.29, 0.717) is 11.8 Å². The van der Waals surface area contributed by atoms with E-state index in [2.05, 4.69) is 5.32 Å². The van der Waals surface area contributed by atoms with Gasteiger partial charge in [-0.1, -0.05) is 11.6 Å². The standard InChI is InChI=1S/C15H20ClFN2O2.ClH/c1-10(21-14-4-3-11(17)9-13(14)16)15(20)19-7-5-12(18-2)6-8-19;/h3-4,9-10,12,18H,5-8H2,1-2H3;1H. The van der Waals surface area contributed by atoms with Gasteiger partial charge in [-0.15, -0.1) is 12.4 Å². The van der Waals surface area contributed by atoms with Gasteiger partial charge in [0.25, 0.3) is 5.91 Å². The molecule has 1 aromatic rings. The maximum Gasteiger partial charge on any atom is 0.263 e. The summed E-state index contributed by atoms with van der Waals surface area (Å²) >= 11 is 5.90. The minimum atomic E-state index is -0.640. The van der Waals surface area contributed by atoms with Crippen molar-refractivity contribution in [3.63, 3.8) is 0 Å². The normalized spacial score (nSPS) is 16.8. The summed E-state index contributed by atoms with van der Waals surface area (Å²) in [6, 6.07) is 4.34. The molecule has 1 atom stereocenters. The van der Waals surface area contributed by atoms with E-state index in [9.17, 15) is 9.18 Å². The highest BCUT2D eigenvalue weighted by molar-refractivity contribution is 6.32. The van der Waals surface area contributed by atoms with E-state index in [1.165, 1.54) is 18.2 Å². The number of hydrogen-bond donors (Lipinski definition) is 1. The van der Waals surface area contributed by atoms with Crippen LogP contribution in [0.4, 0.5) is 4.39 Å². The molecule has 7 heteroatoms. The van der Waals surface area contributed by atoms with E-state index in [-0.39, 0.29) is 23.3 Å². The molecule has 22 heavy (non-hydrogen) atoms. The number of amides is 1. The molecular formula is C15H21Cl2FN2O2. The first-order chi connectivity index (χ1) is 10.0. The Balaban J connectivity index is 0.00000242. The molecule has 1 unspecified atom stereocenters. The van der Waals surface area contributed by atoms with Crippen LogP contribution < -0.4 is 10.1 Å². The summed E-state index contributed by atoms with van der Waals surface area (Å²) in [5.41, 5.74) is 0. The lowest BCUT2D eigenvalue weighted by Gasteiger charge is -2.33. The van der Waals surface area contributed by atoms with Crippen molar-refractivity contribution >= 4 is 29.9 Å². The molecule has 0 spiro atoms. The summed E-state index contributed by atoms with van der Waals surface area (Å²) in [7, 11) is 1.93. The minimum Gasteiger partial charge on any atom is -0.479 e. The van der Waals surface area contributed by atoms with Gasteiger partial charge < -0.3 is 15.0 Å². The van der Waals surface area contributed by atoms with E-state index in [1.54, 1.807) is 11.8 Å². The van der Waals surface area contributed by atoms with Crippen molar-refractivity contribution < 1.29 is 13.9 Å². The summed E-state index contributed by atoms with van der Waals surface area (Å²) in [5, 5.41) is 3.39. The number of piperidine rings is 1. The van der Waals surface area contributed by atoms with Crippen molar-refractivity contribution in [2.24, 2.45) is 0 Å². The van der Waals surface area contributed by atoms with E-state index >= 15 is 0 Å². The van der Waals surface area contributed by atoms with Gasteiger partial charge in [0.05, 0.1) is 5.02 Å². The second-order valence-electron chi connectivity index (χ2n) is 5.22. The Labute approximate surface area is 141 Å². The first-order valence-electron chi connectivity index (χ1n) is 7.09. The van der Waals surface area contributed by atoms with Gasteiger partial charge in [-0.2, -0.15) is 0 Å². The molecule has 0 aromatic heterocycles. The monoisotopic (exact) mass is 350 g/mol. The highest BCUT2D eigenvalue weighted by Crippen LogP contribution is 2.26. The first kappa shape index (κ1) is 19.0.